The van der Waals surface area contributed by atoms with Crippen molar-refractivity contribution in [2.24, 2.45) is 0 Å². The molecule has 0 saturated carbocycles. The van der Waals surface area contributed by atoms with Crippen LogP contribution in [0.2, 0.25) is 0 Å². The molecule has 1 aromatic heterocycles. The number of nitrogens with zero attached hydrogens (tertiary/aromatic N) is 3. The van der Waals surface area contributed by atoms with Crippen molar-refractivity contribution in [1.29, 1.82) is 0 Å². The second-order valence-electron chi connectivity index (χ2n) is 7.52. The van der Waals surface area contributed by atoms with Gasteiger partial charge in [0.1, 0.15) is 0 Å². The largest absolute Gasteiger partial charge is 0.416 e. The Balaban J connectivity index is 1.45. The van der Waals surface area contributed by atoms with Crippen molar-refractivity contribution in [1.82, 2.24) is 15.0 Å². The van der Waals surface area contributed by atoms with Crippen LogP contribution in [-0.4, -0.2) is 34.1 Å². The van der Waals surface area contributed by atoms with Gasteiger partial charge in [-0.25, -0.2) is 4.68 Å². The molecule has 6 nitrogen and oxygen atoms in total. The lowest BCUT2D eigenvalue weighted by atomic mass is 9.96. The number of carbonyl (C=O) groups excluding carboxylic acids is 1. The molecular weight excluding hydrogens is 409 g/mol. The number of hydrogen-bond donors (Lipinski definition) is 1. The zero-order valence-corrected chi connectivity index (χ0v) is 16.8. The summed E-state index contributed by atoms with van der Waals surface area (Å²) < 4.78 is 45.1. The van der Waals surface area contributed by atoms with E-state index in [-0.39, 0.29) is 12.5 Å². The van der Waals surface area contributed by atoms with Crippen molar-refractivity contribution in [2.75, 3.05) is 18.5 Å². The first-order valence-corrected chi connectivity index (χ1v) is 9.86. The van der Waals surface area contributed by atoms with Crippen molar-refractivity contribution >= 4 is 11.7 Å². The van der Waals surface area contributed by atoms with Crippen molar-refractivity contribution in [2.45, 2.75) is 32.0 Å². The van der Waals surface area contributed by atoms with Crippen LogP contribution in [-0.2, 0) is 17.5 Å². The molecule has 1 unspecified atom stereocenters. The maximum atomic E-state index is 12.7. The van der Waals surface area contributed by atoms with Crippen LogP contribution in [0.15, 0.2) is 48.5 Å². The van der Waals surface area contributed by atoms with Crippen LogP contribution in [0.3, 0.4) is 0 Å². The summed E-state index contributed by atoms with van der Waals surface area (Å²) in [6, 6.07) is 12.3. The Morgan fingerprint density at radius 3 is 2.68 bits per heavy atom. The molecule has 1 amide bonds. The summed E-state index contributed by atoms with van der Waals surface area (Å²) in [5, 5.41) is 10.8. The molecule has 0 radical (unpaired) electrons. The monoisotopic (exact) mass is 430 g/mol. The molecule has 1 N–H and O–H groups in total. The zero-order chi connectivity index (χ0) is 22.0. The maximum absolute atomic E-state index is 12.7. The van der Waals surface area contributed by atoms with E-state index in [0.29, 0.717) is 35.2 Å². The minimum absolute atomic E-state index is 0.240. The van der Waals surface area contributed by atoms with E-state index >= 15 is 0 Å². The molecule has 0 spiro atoms. The number of amides is 1. The molecule has 31 heavy (non-hydrogen) atoms. The summed E-state index contributed by atoms with van der Waals surface area (Å²) in [5.74, 6) is 0.302. The van der Waals surface area contributed by atoms with Crippen LogP contribution in [0.5, 0.6) is 0 Å². The number of nitrogens with one attached hydrogen (secondary N) is 1. The predicted octanol–water partition coefficient (Wildman–Crippen LogP) is 4.41. The second kappa shape index (κ2) is 8.50. The van der Waals surface area contributed by atoms with Crippen molar-refractivity contribution < 1.29 is 22.7 Å². The van der Waals surface area contributed by atoms with Gasteiger partial charge in [-0.05, 0) is 48.7 Å². The highest BCUT2D eigenvalue weighted by Crippen LogP contribution is 2.29. The first-order chi connectivity index (χ1) is 14.8. The predicted molar refractivity (Wildman–Crippen MR) is 108 cm³/mol. The lowest BCUT2D eigenvalue weighted by Gasteiger charge is -2.10. The van der Waals surface area contributed by atoms with E-state index in [0.717, 1.165) is 30.7 Å². The standard InChI is InChI=1S/C22H21F3N4O2/c1-14-20(26-21(30)17-4-2-3-16(11-17)18-9-10-31-13-18)27-28-29(14)12-15-5-7-19(8-6-15)22(23,24)25/h2-8,11,18H,9-10,12-13H2,1H3,(H,26,30). The van der Waals surface area contributed by atoms with Crippen molar-refractivity contribution in [3.8, 4) is 0 Å². The maximum Gasteiger partial charge on any atom is 0.416 e. The fourth-order valence-electron chi connectivity index (χ4n) is 3.51. The SMILES string of the molecule is Cc1c(NC(=O)c2cccc(C3CCOC3)c2)nnn1Cc1ccc(C(F)(F)F)cc1. The lowest BCUT2D eigenvalue weighted by Crippen LogP contribution is -2.14. The van der Waals surface area contributed by atoms with Gasteiger partial charge < -0.3 is 10.1 Å². The van der Waals surface area contributed by atoms with Gasteiger partial charge in [-0.15, -0.1) is 5.10 Å². The number of ether oxygens (including phenoxy) is 1. The summed E-state index contributed by atoms with van der Waals surface area (Å²) >= 11 is 0. The fourth-order valence-corrected chi connectivity index (χ4v) is 3.51. The van der Waals surface area contributed by atoms with Crippen LogP contribution in [0.4, 0.5) is 19.0 Å². The molecule has 1 aliphatic heterocycles. The Bertz CT molecular complexity index is 1070. The third-order valence-electron chi connectivity index (χ3n) is 5.38. The minimum Gasteiger partial charge on any atom is -0.381 e. The van der Waals surface area contributed by atoms with E-state index in [2.05, 4.69) is 15.6 Å². The minimum atomic E-state index is -4.37. The van der Waals surface area contributed by atoms with Crippen LogP contribution in [0.1, 0.15) is 45.1 Å². The van der Waals surface area contributed by atoms with E-state index in [4.69, 9.17) is 4.74 Å². The molecule has 2 aromatic carbocycles. The topological polar surface area (TPSA) is 69.0 Å². The van der Waals surface area contributed by atoms with Gasteiger partial charge in [0.25, 0.3) is 5.91 Å². The number of halogens is 3. The van der Waals surface area contributed by atoms with Gasteiger partial charge in [0, 0.05) is 18.1 Å². The second-order valence-corrected chi connectivity index (χ2v) is 7.52. The van der Waals surface area contributed by atoms with E-state index in [1.807, 2.05) is 18.2 Å². The molecule has 0 aliphatic carbocycles. The average Bonchev–Trinajstić information content (AvgIpc) is 3.40. The van der Waals surface area contributed by atoms with E-state index in [1.54, 1.807) is 13.0 Å². The molecule has 162 valence electrons. The molecule has 1 atom stereocenters. The van der Waals surface area contributed by atoms with Crippen LogP contribution < -0.4 is 5.32 Å². The van der Waals surface area contributed by atoms with Gasteiger partial charge in [-0.3, -0.25) is 4.79 Å². The van der Waals surface area contributed by atoms with E-state index in [9.17, 15) is 18.0 Å². The highest BCUT2D eigenvalue weighted by molar-refractivity contribution is 6.04. The molecular formula is C22H21F3N4O2. The molecule has 2 heterocycles. The van der Waals surface area contributed by atoms with Crippen molar-refractivity contribution in [3.05, 3.63) is 76.5 Å². The van der Waals surface area contributed by atoms with Gasteiger partial charge in [0.15, 0.2) is 5.82 Å². The van der Waals surface area contributed by atoms with Crippen LogP contribution in [0.25, 0.3) is 0 Å². The highest BCUT2D eigenvalue weighted by Gasteiger charge is 2.30. The Morgan fingerprint density at radius 2 is 2.00 bits per heavy atom. The van der Waals surface area contributed by atoms with Gasteiger partial charge in [0.2, 0.25) is 0 Å². The lowest BCUT2D eigenvalue weighted by molar-refractivity contribution is -0.137. The summed E-state index contributed by atoms with van der Waals surface area (Å²) in [6.07, 6.45) is -3.44. The molecule has 1 fully saturated rings. The first kappa shape index (κ1) is 21.0. The number of benzene rings is 2. The quantitative estimate of drug-likeness (QED) is 0.651. The van der Waals surface area contributed by atoms with E-state index < -0.39 is 11.7 Å². The third kappa shape index (κ3) is 4.77. The summed E-state index contributed by atoms with van der Waals surface area (Å²) in [5.41, 5.74) is 2.12. The number of hydrogen-bond acceptors (Lipinski definition) is 4. The van der Waals surface area contributed by atoms with Crippen molar-refractivity contribution in [3.63, 3.8) is 0 Å². The summed E-state index contributed by atoms with van der Waals surface area (Å²) in [7, 11) is 0. The van der Waals surface area contributed by atoms with Gasteiger partial charge in [-0.2, -0.15) is 13.2 Å². The number of rotatable bonds is 5. The van der Waals surface area contributed by atoms with E-state index in [1.165, 1.54) is 16.8 Å². The molecule has 9 heteroatoms. The molecule has 3 aromatic rings. The average molecular weight is 430 g/mol. The van der Waals surface area contributed by atoms with Gasteiger partial charge in [-0.1, -0.05) is 29.5 Å². The Hall–Kier alpha value is -3.20. The highest BCUT2D eigenvalue weighted by atomic mass is 19.4. The number of alkyl halides is 3. The molecule has 0 bridgehead atoms. The summed E-state index contributed by atoms with van der Waals surface area (Å²) in [6.45, 7) is 3.36. The zero-order valence-electron chi connectivity index (χ0n) is 16.8. The Labute approximate surface area is 177 Å². The normalized spacial score (nSPS) is 16.5. The smallest absolute Gasteiger partial charge is 0.381 e. The van der Waals surface area contributed by atoms with Gasteiger partial charge >= 0.3 is 6.18 Å². The molecule has 4 rings (SSSR count). The molecule has 1 aliphatic rings. The number of anilines is 1. The van der Waals surface area contributed by atoms with Crippen LogP contribution >= 0.6 is 0 Å². The number of aromatic nitrogens is 3. The Morgan fingerprint density at radius 1 is 1.23 bits per heavy atom. The fraction of sp³-hybridized carbons (Fsp3) is 0.318. The molecule has 1 saturated heterocycles. The van der Waals surface area contributed by atoms with Crippen LogP contribution in [0, 0.1) is 6.92 Å². The van der Waals surface area contributed by atoms with Gasteiger partial charge in [0.05, 0.1) is 24.4 Å². The first-order valence-electron chi connectivity index (χ1n) is 9.86. The summed E-state index contributed by atoms with van der Waals surface area (Å²) in [4.78, 5) is 12.7. The third-order valence-corrected chi connectivity index (χ3v) is 5.38. The number of carbonyl (C=O) groups is 1. The Kier molecular flexibility index (Phi) is 5.77.